The van der Waals surface area contributed by atoms with E-state index in [-0.39, 0.29) is 24.9 Å². The Kier molecular flexibility index (Phi) is 7.57. The number of rotatable bonds is 6. The molecule has 6 nitrogen and oxygen atoms in total. The second-order valence-corrected chi connectivity index (χ2v) is 8.20. The number of nitrogens with zero attached hydrogens (tertiary/aromatic N) is 1. The third-order valence-corrected chi connectivity index (χ3v) is 6.39. The van der Waals surface area contributed by atoms with Crippen LogP contribution in [0.3, 0.4) is 0 Å². The quantitative estimate of drug-likeness (QED) is 0.700. The van der Waals surface area contributed by atoms with Crippen molar-refractivity contribution in [1.29, 1.82) is 0 Å². The number of benzene rings is 2. The Bertz CT molecular complexity index is 884. The molecule has 1 saturated heterocycles. The maximum Gasteiger partial charge on any atom is 0.410 e. The molecule has 2 aromatic rings. The smallest absolute Gasteiger partial charge is 0.410 e. The number of halogens is 1. The number of aliphatic carboxylic acids is 1. The van der Waals surface area contributed by atoms with Crippen LogP contribution in [0.2, 0.25) is 0 Å². The van der Waals surface area contributed by atoms with Gasteiger partial charge in [-0.1, -0.05) is 48.5 Å². The number of carbonyl (C=O) groups excluding carboxylic acids is 1. The van der Waals surface area contributed by atoms with Crippen LogP contribution in [0.4, 0.5) is 4.79 Å². The van der Waals surface area contributed by atoms with Gasteiger partial charge in [-0.05, 0) is 60.5 Å². The highest BCUT2D eigenvalue weighted by molar-refractivity contribution is 5.85. The molecular formula is C24H29ClN2O4. The number of nitrogens with one attached hydrogen (secondary N) is 1. The topological polar surface area (TPSA) is 78.9 Å². The van der Waals surface area contributed by atoms with Gasteiger partial charge in [0.2, 0.25) is 0 Å². The van der Waals surface area contributed by atoms with Gasteiger partial charge in [0, 0.05) is 13.0 Å². The fraction of sp³-hybridized carbons (Fsp3) is 0.417. The average Bonchev–Trinajstić information content (AvgIpc) is 3.09. The number of hydrogen-bond acceptors (Lipinski definition) is 4. The Hall–Kier alpha value is -2.57. The van der Waals surface area contributed by atoms with Crippen LogP contribution in [0.1, 0.15) is 36.3 Å². The van der Waals surface area contributed by atoms with Crippen LogP contribution in [0, 0.1) is 5.92 Å². The molecule has 31 heavy (non-hydrogen) atoms. The summed E-state index contributed by atoms with van der Waals surface area (Å²) in [5.41, 5.74) is 4.60. The largest absolute Gasteiger partial charge is 0.480 e. The van der Waals surface area contributed by atoms with Crippen LogP contribution in [0.25, 0.3) is 11.1 Å². The molecule has 1 heterocycles. The van der Waals surface area contributed by atoms with Gasteiger partial charge in [0.1, 0.15) is 12.6 Å². The molecule has 1 aliphatic carbocycles. The predicted molar refractivity (Wildman–Crippen MR) is 122 cm³/mol. The lowest BCUT2D eigenvalue weighted by molar-refractivity contribution is -0.143. The van der Waals surface area contributed by atoms with Gasteiger partial charge in [-0.3, -0.25) is 4.90 Å². The third kappa shape index (κ3) is 4.86. The van der Waals surface area contributed by atoms with Crippen LogP contribution in [-0.2, 0) is 9.53 Å². The molecule has 166 valence electrons. The first-order chi connectivity index (χ1) is 14.6. The molecule has 0 saturated carbocycles. The molecule has 0 spiro atoms. The number of hydrogen-bond donors (Lipinski definition) is 2. The fourth-order valence-electron chi connectivity index (χ4n) is 4.68. The molecule has 1 fully saturated rings. The van der Waals surface area contributed by atoms with Gasteiger partial charge in [-0.15, -0.1) is 12.4 Å². The number of carbonyl (C=O) groups is 2. The van der Waals surface area contributed by atoms with Gasteiger partial charge in [0.15, 0.2) is 0 Å². The van der Waals surface area contributed by atoms with Crippen LogP contribution < -0.4 is 5.32 Å². The van der Waals surface area contributed by atoms with Crippen LogP contribution in [0.5, 0.6) is 0 Å². The van der Waals surface area contributed by atoms with Crippen LogP contribution >= 0.6 is 12.4 Å². The van der Waals surface area contributed by atoms with Crippen molar-refractivity contribution in [2.24, 2.45) is 5.92 Å². The Morgan fingerprint density at radius 1 is 1.06 bits per heavy atom. The van der Waals surface area contributed by atoms with Crippen molar-refractivity contribution in [3.63, 3.8) is 0 Å². The van der Waals surface area contributed by atoms with Gasteiger partial charge in [-0.2, -0.15) is 0 Å². The second-order valence-electron chi connectivity index (χ2n) is 8.20. The van der Waals surface area contributed by atoms with Gasteiger partial charge >= 0.3 is 12.1 Å². The number of amides is 1. The van der Waals surface area contributed by atoms with E-state index in [0.717, 1.165) is 48.2 Å². The molecule has 1 aliphatic heterocycles. The highest BCUT2D eigenvalue weighted by atomic mass is 35.5. The Labute approximate surface area is 189 Å². The lowest BCUT2D eigenvalue weighted by Crippen LogP contribution is -2.45. The Morgan fingerprint density at radius 2 is 1.61 bits per heavy atom. The molecule has 2 N–H and O–H groups in total. The van der Waals surface area contributed by atoms with Crippen molar-refractivity contribution in [2.45, 2.75) is 31.2 Å². The summed E-state index contributed by atoms with van der Waals surface area (Å²) in [5.74, 6) is -0.719. The van der Waals surface area contributed by atoms with E-state index < -0.39 is 18.1 Å². The molecule has 2 aromatic carbocycles. The standard InChI is InChI=1S/C24H28N2O4.ClH/c1-26(22(23(27)28)14-16-10-12-25-13-11-16)24(29)30-15-21-19-8-4-2-6-17(19)18-7-3-5-9-20(18)21;/h2-9,16,21-22,25H,10-15H2,1H3,(H,27,28);1H/t22-;/m0./s1. The first-order valence-electron chi connectivity index (χ1n) is 10.6. The van der Waals surface area contributed by atoms with Gasteiger partial charge in [-0.25, -0.2) is 9.59 Å². The maximum absolute atomic E-state index is 12.7. The molecule has 0 unspecified atom stereocenters. The van der Waals surface area contributed by atoms with E-state index in [0.29, 0.717) is 12.3 Å². The van der Waals surface area contributed by atoms with E-state index in [4.69, 9.17) is 4.74 Å². The molecule has 0 radical (unpaired) electrons. The fourth-order valence-corrected chi connectivity index (χ4v) is 4.68. The number of piperidine rings is 1. The molecular weight excluding hydrogens is 416 g/mol. The molecule has 1 atom stereocenters. The molecule has 4 rings (SSSR count). The molecule has 1 amide bonds. The number of carboxylic acid groups (broad SMARTS) is 1. The van der Waals surface area contributed by atoms with E-state index in [1.165, 1.54) is 11.9 Å². The van der Waals surface area contributed by atoms with Crippen LogP contribution in [0.15, 0.2) is 48.5 Å². The van der Waals surface area contributed by atoms with Gasteiger partial charge in [0.05, 0.1) is 0 Å². The first-order valence-corrected chi connectivity index (χ1v) is 10.6. The third-order valence-electron chi connectivity index (χ3n) is 6.39. The Balaban J connectivity index is 0.00000272. The molecule has 0 bridgehead atoms. The average molecular weight is 445 g/mol. The summed E-state index contributed by atoms with van der Waals surface area (Å²) in [6, 6.07) is 15.4. The summed E-state index contributed by atoms with van der Waals surface area (Å²) >= 11 is 0. The molecule has 0 aromatic heterocycles. The van der Waals surface area contributed by atoms with Crippen molar-refractivity contribution in [2.75, 3.05) is 26.7 Å². The molecule has 2 aliphatic rings. The monoisotopic (exact) mass is 444 g/mol. The maximum atomic E-state index is 12.7. The highest BCUT2D eigenvalue weighted by Gasteiger charge is 2.33. The Morgan fingerprint density at radius 3 is 2.16 bits per heavy atom. The number of likely N-dealkylation sites (N-methyl/N-ethyl adjacent to an activating group) is 1. The van der Waals surface area contributed by atoms with Crippen molar-refractivity contribution >= 4 is 24.5 Å². The van der Waals surface area contributed by atoms with E-state index in [1.54, 1.807) is 0 Å². The summed E-state index contributed by atoms with van der Waals surface area (Å²) in [6.45, 7) is 1.98. The first kappa shape index (κ1) is 23.1. The number of ether oxygens (including phenoxy) is 1. The zero-order valence-electron chi connectivity index (χ0n) is 17.6. The number of fused-ring (bicyclic) bond motifs is 3. The van der Waals surface area contributed by atoms with Gasteiger partial charge < -0.3 is 15.2 Å². The minimum Gasteiger partial charge on any atom is -0.480 e. The van der Waals surface area contributed by atoms with Crippen molar-refractivity contribution in [3.8, 4) is 11.1 Å². The highest BCUT2D eigenvalue weighted by Crippen LogP contribution is 2.44. The van der Waals surface area contributed by atoms with E-state index in [1.807, 2.05) is 24.3 Å². The summed E-state index contributed by atoms with van der Waals surface area (Å²) in [5, 5.41) is 13.0. The van der Waals surface area contributed by atoms with Crippen LogP contribution in [-0.4, -0.2) is 54.9 Å². The minimum absolute atomic E-state index is 0. The second kappa shape index (κ2) is 10.2. The summed E-state index contributed by atoms with van der Waals surface area (Å²) in [6.07, 6.45) is 1.74. The van der Waals surface area contributed by atoms with Crippen molar-refractivity contribution in [3.05, 3.63) is 59.7 Å². The summed E-state index contributed by atoms with van der Waals surface area (Å²) in [7, 11) is 1.53. The molecule has 7 heteroatoms. The predicted octanol–water partition coefficient (Wildman–Crippen LogP) is 4.13. The zero-order valence-corrected chi connectivity index (χ0v) is 18.4. The summed E-state index contributed by atoms with van der Waals surface area (Å²) < 4.78 is 5.63. The normalized spacial score (nSPS) is 16.5. The lowest BCUT2D eigenvalue weighted by Gasteiger charge is -2.30. The SMILES string of the molecule is CN(C(=O)OCC1c2ccccc2-c2ccccc21)[C@@H](CC1CCNCC1)C(=O)O.Cl. The van der Waals surface area contributed by atoms with E-state index in [2.05, 4.69) is 29.6 Å². The lowest BCUT2D eigenvalue weighted by atomic mass is 9.90. The van der Waals surface area contributed by atoms with E-state index in [9.17, 15) is 14.7 Å². The minimum atomic E-state index is -0.982. The number of carboxylic acids is 1. The van der Waals surface area contributed by atoms with E-state index >= 15 is 0 Å². The zero-order chi connectivity index (χ0) is 21.1. The summed E-state index contributed by atoms with van der Waals surface area (Å²) in [4.78, 5) is 25.8. The van der Waals surface area contributed by atoms with Crippen molar-refractivity contribution < 1.29 is 19.4 Å². The van der Waals surface area contributed by atoms with Gasteiger partial charge in [0.25, 0.3) is 0 Å². The van der Waals surface area contributed by atoms with Crippen molar-refractivity contribution in [1.82, 2.24) is 10.2 Å².